The van der Waals surface area contributed by atoms with Gasteiger partial charge in [0, 0.05) is 0 Å². The van der Waals surface area contributed by atoms with Crippen molar-refractivity contribution in [1.29, 1.82) is 0 Å². The Morgan fingerprint density at radius 3 is 2.35 bits per heavy atom. The maximum Gasteiger partial charge on any atom is 0.268 e. The molecule has 5 nitrogen and oxygen atoms in total. The summed E-state index contributed by atoms with van der Waals surface area (Å²) in [6.07, 6.45) is -0.470. The summed E-state index contributed by atoms with van der Waals surface area (Å²) in [6.45, 7) is 2.97. The highest BCUT2D eigenvalue weighted by Gasteiger charge is 2.12. The number of phosphoric acid groups is 1. The van der Waals surface area contributed by atoms with Gasteiger partial charge in [-0.2, -0.15) is 0 Å². The van der Waals surface area contributed by atoms with E-state index < -0.39 is 13.9 Å². The predicted octanol–water partition coefficient (Wildman–Crippen LogP) is 3.26. The van der Waals surface area contributed by atoms with Gasteiger partial charge in [-0.1, -0.05) is 36.4 Å². The van der Waals surface area contributed by atoms with Crippen molar-refractivity contribution in [3.05, 3.63) is 59.7 Å². The van der Waals surface area contributed by atoms with Gasteiger partial charge in [-0.25, -0.2) is 0 Å². The van der Waals surface area contributed by atoms with E-state index in [1.807, 2.05) is 42.5 Å². The zero-order valence-electron chi connectivity index (χ0n) is 13.1. The van der Waals surface area contributed by atoms with Gasteiger partial charge in [0.25, 0.3) is 7.82 Å². The third kappa shape index (κ3) is 5.57. The number of hydrogen-bond acceptors (Lipinski definition) is 5. The first-order valence-corrected chi connectivity index (χ1v) is 8.79. The molecule has 1 atom stereocenters. The van der Waals surface area contributed by atoms with E-state index in [9.17, 15) is 14.6 Å². The third-order valence-electron chi connectivity index (χ3n) is 3.07. The Labute approximate surface area is 136 Å². The molecule has 0 amide bonds. The fourth-order valence-corrected chi connectivity index (χ4v) is 3.06. The highest BCUT2D eigenvalue weighted by Crippen LogP contribution is 2.41. The fourth-order valence-electron chi connectivity index (χ4n) is 2.18. The van der Waals surface area contributed by atoms with Crippen molar-refractivity contribution in [2.45, 2.75) is 33.2 Å². The van der Waals surface area contributed by atoms with Crippen molar-refractivity contribution < 1.29 is 23.6 Å². The molecule has 2 aromatic carbocycles. The molecule has 0 saturated heterocycles. The SMILES string of the molecule is CC(C)OP(=O)([O-])OCc1cc(CO)cc(-c2ccccc2)c1. The van der Waals surface area contributed by atoms with E-state index in [1.165, 1.54) is 0 Å². The zero-order valence-corrected chi connectivity index (χ0v) is 14.0. The molecule has 0 bridgehead atoms. The molecule has 0 aliphatic rings. The summed E-state index contributed by atoms with van der Waals surface area (Å²) in [4.78, 5) is 11.7. The highest BCUT2D eigenvalue weighted by molar-refractivity contribution is 7.45. The van der Waals surface area contributed by atoms with E-state index >= 15 is 0 Å². The van der Waals surface area contributed by atoms with Gasteiger partial charge < -0.3 is 19.0 Å². The Morgan fingerprint density at radius 2 is 1.74 bits per heavy atom. The van der Waals surface area contributed by atoms with Gasteiger partial charge in [-0.15, -0.1) is 0 Å². The van der Waals surface area contributed by atoms with Crippen LogP contribution in [-0.4, -0.2) is 11.2 Å². The molecule has 6 heteroatoms. The molecule has 0 heterocycles. The number of phosphoric ester groups is 1. The minimum atomic E-state index is -4.34. The number of aliphatic hydroxyl groups is 1. The first-order valence-electron chi connectivity index (χ1n) is 7.33. The lowest BCUT2D eigenvalue weighted by atomic mass is 10.0. The van der Waals surface area contributed by atoms with Crippen molar-refractivity contribution in [3.63, 3.8) is 0 Å². The van der Waals surface area contributed by atoms with Crippen LogP contribution in [0.2, 0.25) is 0 Å². The fraction of sp³-hybridized carbons (Fsp3) is 0.294. The quantitative estimate of drug-likeness (QED) is 0.786. The minimum absolute atomic E-state index is 0.134. The topological polar surface area (TPSA) is 78.8 Å². The molecule has 23 heavy (non-hydrogen) atoms. The Hall–Kier alpha value is -1.49. The van der Waals surface area contributed by atoms with Crippen molar-refractivity contribution in [2.24, 2.45) is 0 Å². The van der Waals surface area contributed by atoms with Crippen molar-refractivity contribution in [1.82, 2.24) is 0 Å². The smallest absolute Gasteiger partial charge is 0.268 e. The second-order valence-corrected chi connectivity index (χ2v) is 6.80. The molecule has 0 radical (unpaired) electrons. The Kier molecular flexibility index (Phi) is 6.10. The Morgan fingerprint density at radius 1 is 1.09 bits per heavy atom. The van der Waals surface area contributed by atoms with Crippen LogP contribution in [0.4, 0.5) is 0 Å². The summed E-state index contributed by atoms with van der Waals surface area (Å²) < 4.78 is 21.3. The van der Waals surface area contributed by atoms with Crippen LogP contribution in [0, 0.1) is 0 Å². The summed E-state index contributed by atoms with van der Waals surface area (Å²) in [6, 6.07) is 15.0. The molecule has 0 aliphatic heterocycles. The summed E-state index contributed by atoms with van der Waals surface area (Å²) in [5.74, 6) is 0. The number of benzene rings is 2. The van der Waals surface area contributed by atoms with Gasteiger partial charge in [0.15, 0.2) is 0 Å². The van der Waals surface area contributed by atoms with E-state index in [0.717, 1.165) is 11.1 Å². The first kappa shape index (κ1) is 17.9. The minimum Gasteiger partial charge on any atom is -0.756 e. The Balaban J connectivity index is 2.21. The molecule has 0 fully saturated rings. The average Bonchev–Trinajstić information content (AvgIpc) is 2.52. The summed E-state index contributed by atoms with van der Waals surface area (Å²) in [5.41, 5.74) is 3.21. The van der Waals surface area contributed by atoms with Crippen LogP contribution in [0.1, 0.15) is 25.0 Å². The van der Waals surface area contributed by atoms with Crippen LogP contribution in [-0.2, 0) is 26.8 Å². The Bertz CT molecular complexity index is 685. The summed E-state index contributed by atoms with van der Waals surface area (Å²) in [7, 11) is -4.34. The maximum atomic E-state index is 11.7. The monoisotopic (exact) mass is 335 g/mol. The van der Waals surface area contributed by atoms with E-state index in [-0.39, 0.29) is 13.2 Å². The van der Waals surface area contributed by atoms with Gasteiger partial charge in [0.2, 0.25) is 0 Å². The van der Waals surface area contributed by atoms with E-state index in [4.69, 9.17) is 9.05 Å². The molecule has 1 N–H and O–H groups in total. The van der Waals surface area contributed by atoms with Crippen LogP contribution >= 0.6 is 7.82 Å². The highest BCUT2D eigenvalue weighted by atomic mass is 31.2. The predicted molar refractivity (Wildman–Crippen MR) is 86.4 cm³/mol. The molecular weight excluding hydrogens is 315 g/mol. The maximum absolute atomic E-state index is 11.7. The number of hydrogen-bond donors (Lipinski definition) is 1. The van der Waals surface area contributed by atoms with Gasteiger partial charge in [-0.05, 0) is 48.2 Å². The van der Waals surface area contributed by atoms with Gasteiger partial charge in [0.05, 0.1) is 19.3 Å². The van der Waals surface area contributed by atoms with Crippen LogP contribution in [0.25, 0.3) is 11.1 Å². The van der Waals surface area contributed by atoms with E-state index in [0.29, 0.717) is 11.1 Å². The second-order valence-electron chi connectivity index (χ2n) is 5.44. The molecule has 1 unspecified atom stereocenters. The normalized spacial score (nSPS) is 14.0. The third-order valence-corrected chi connectivity index (χ3v) is 4.20. The lowest BCUT2D eigenvalue weighted by Gasteiger charge is -2.24. The van der Waals surface area contributed by atoms with Crippen LogP contribution < -0.4 is 4.89 Å². The second kappa shape index (κ2) is 7.86. The molecule has 0 spiro atoms. The molecule has 2 rings (SSSR count). The average molecular weight is 335 g/mol. The van der Waals surface area contributed by atoms with E-state index in [1.54, 1.807) is 19.9 Å². The van der Waals surface area contributed by atoms with Gasteiger partial charge >= 0.3 is 0 Å². The van der Waals surface area contributed by atoms with Crippen molar-refractivity contribution >= 4 is 7.82 Å². The molecule has 0 aromatic heterocycles. The summed E-state index contributed by atoms with van der Waals surface area (Å²) >= 11 is 0. The van der Waals surface area contributed by atoms with Crippen LogP contribution in [0.5, 0.6) is 0 Å². The number of aliphatic hydroxyl groups excluding tert-OH is 1. The van der Waals surface area contributed by atoms with Gasteiger partial charge in [0.1, 0.15) is 0 Å². The van der Waals surface area contributed by atoms with Gasteiger partial charge in [-0.3, -0.25) is 4.57 Å². The first-order chi connectivity index (χ1) is 10.9. The lowest BCUT2D eigenvalue weighted by molar-refractivity contribution is -0.229. The summed E-state index contributed by atoms with van der Waals surface area (Å²) in [5, 5.41) is 9.40. The lowest BCUT2D eigenvalue weighted by Crippen LogP contribution is -2.12. The molecular formula is C17H20O5P-. The largest absolute Gasteiger partial charge is 0.756 e. The van der Waals surface area contributed by atoms with Crippen LogP contribution in [0.15, 0.2) is 48.5 Å². The molecule has 0 saturated carbocycles. The van der Waals surface area contributed by atoms with Crippen molar-refractivity contribution in [2.75, 3.05) is 0 Å². The van der Waals surface area contributed by atoms with Crippen LogP contribution in [0.3, 0.4) is 0 Å². The zero-order chi connectivity index (χ0) is 16.9. The van der Waals surface area contributed by atoms with Crippen molar-refractivity contribution in [3.8, 4) is 11.1 Å². The molecule has 124 valence electrons. The standard InChI is InChI=1S/C17H21O5P/c1-13(2)22-23(19,20)21-12-15-8-14(11-18)9-17(10-15)16-6-4-3-5-7-16/h3-10,13,18H,11-12H2,1-2H3,(H,19,20)/p-1. The molecule has 0 aliphatic carbocycles. The number of rotatable bonds is 7. The van der Waals surface area contributed by atoms with E-state index in [2.05, 4.69) is 0 Å². The molecule has 2 aromatic rings.